The van der Waals surface area contributed by atoms with E-state index in [4.69, 9.17) is 0 Å². The molecule has 0 amide bonds. The number of rotatable bonds is 0. The summed E-state index contributed by atoms with van der Waals surface area (Å²) in [6.07, 6.45) is 3.58. The molecule has 2 heteroatoms. The molecule has 0 heterocycles. The molecule has 0 unspecified atom stereocenters. The third kappa shape index (κ3) is 0.968. The van der Waals surface area contributed by atoms with Gasteiger partial charge in [-0.1, -0.05) is 20.8 Å². The van der Waals surface area contributed by atoms with E-state index in [1.54, 1.807) is 0 Å². The summed E-state index contributed by atoms with van der Waals surface area (Å²) in [5.41, 5.74) is 0.601. The van der Waals surface area contributed by atoms with Crippen molar-refractivity contribution in [3.05, 3.63) is 0 Å². The standard InChI is InChI=1S/C10H18O.Li.H/c1-9(2)7-4-5-10(9,3)8(11)6-7;;/h7-8,11H,4-6H2,1-3H3;;/t7-,8+,10-;;/m1../s1. The minimum absolute atomic E-state index is 0. The molecule has 2 bridgehead atoms. The van der Waals surface area contributed by atoms with Crippen LogP contribution in [0.4, 0.5) is 0 Å². The monoisotopic (exact) mass is 162 g/mol. The van der Waals surface area contributed by atoms with E-state index in [1.165, 1.54) is 12.8 Å². The van der Waals surface area contributed by atoms with Crippen molar-refractivity contribution in [1.29, 1.82) is 0 Å². The molecule has 0 aliphatic heterocycles. The van der Waals surface area contributed by atoms with E-state index in [2.05, 4.69) is 20.8 Å². The molecule has 66 valence electrons. The third-order valence-electron chi connectivity index (χ3n) is 4.75. The Hall–Kier alpha value is 0.557. The van der Waals surface area contributed by atoms with Gasteiger partial charge in [0.1, 0.15) is 0 Å². The first-order valence-electron chi connectivity index (χ1n) is 4.66. The Morgan fingerprint density at radius 3 is 2.00 bits per heavy atom. The summed E-state index contributed by atoms with van der Waals surface area (Å²) in [5.74, 6) is 0.780. The SMILES string of the molecule is CC1(C)[C@@H]2CC[C@]1(C)[C@@H](O)C2.[LiH]. The fourth-order valence-corrected chi connectivity index (χ4v) is 3.16. The van der Waals surface area contributed by atoms with E-state index >= 15 is 0 Å². The zero-order valence-electron chi connectivity index (χ0n) is 7.72. The third-order valence-corrected chi connectivity index (χ3v) is 4.75. The van der Waals surface area contributed by atoms with Crippen LogP contribution < -0.4 is 0 Å². The molecule has 3 atom stereocenters. The zero-order valence-corrected chi connectivity index (χ0v) is 7.72. The Labute approximate surface area is 87.1 Å². The molecule has 0 saturated heterocycles. The van der Waals surface area contributed by atoms with Gasteiger partial charge in [0.15, 0.2) is 0 Å². The van der Waals surface area contributed by atoms with E-state index in [1.807, 2.05) is 0 Å². The van der Waals surface area contributed by atoms with Gasteiger partial charge in [-0.2, -0.15) is 0 Å². The zero-order chi connectivity index (χ0) is 8.28. The summed E-state index contributed by atoms with van der Waals surface area (Å²) in [5, 5.41) is 9.81. The first-order chi connectivity index (χ1) is 4.98. The predicted octanol–water partition coefficient (Wildman–Crippen LogP) is 1.54. The number of hydrogen-bond acceptors (Lipinski definition) is 1. The van der Waals surface area contributed by atoms with Crippen LogP contribution in [0.15, 0.2) is 0 Å². The molecule has 0 spiro atoms. The Morgan fingerprint density at radius 1 is 1.25 bits per heavy atom. The summed E-state index contributed by atoms with van der Waals surface area (Å²) in [4.78, 5) is 0. The van der Waals surface area contributed by atoms with Crippen molar-refractivity contribution in [2.45, 2.75) is 46.1 Å². The van der Waals surface area contributed by atoms with E-state index in [0.717, 1.165) is 12.3 Å². The van der Waals surface area contributed by atoms with Crippen molar-refractivity contribution in [1.82, 2.24) is 0 Å². The molecule has 0 aromatic carbocycles. The van der Waals surface area contributed by atoms with Crippen LogP contribution in [-0.4, -0.2) is 30.1 Å². The van der Waals surface area contributed by atoms with Crippen LogP contribution in [0, 0.1) is 16.7 Å². The van der Waals surface area contributed by atoms with Crippen LogP contribution in [0.1, 0.15) is 40.0 Å². The number of aliphatic hydroxyl groups excluding tert-OH is 1. The summed E-state index contributed by atoms with van der Waals surface area (Å²) in [6, 6.07) is 0. The second-order valence-corrected chi connectivity index (χ2v) is 5.13. The number of fused-ring (bicyclic) bond motifs is 2. The van der Waals surface area contributed by atoms with Crippen LogP contribution in [-0.2, 0) is 0 Å². The normalized spacial score (nSPS) is 49.0. The Balaban J connectivity index is 0.000000720. The molecule has 2 aliphatic carbocycles. The first kappa shape index (κ1) is 10.6. The van der Waals surface area contributed by atoms with Gasteiger partial charge in [0.05, 0.1) is 6.10 Å². The predicted molar refractivity (Wildman–Crippen MR) is 52.4 cm³/mol. The van der Waals surface area contributed by atoms with E-state index in [0.29, 0.717) is 5.41 Å². The molecule has 0 aromatic heterocycles. The molecule has 2 fully saturated rings. The van der Waals surface area contributed by atoms with Crippen molar-refractivity contribution < 1.29 is 5.11 Å². The van der Waals surface area contributed by atoms with Gasteiger partial charge in [-0.05, 0) is 36.0 Å². The van der Waals surface area contributed by atoms with Crippen molar-refractivity contribution in [2.24, 2.45) is 16.7 Å². The van der Waals surface area contributed by atoms with Crippen LogP contribution in [0.3, 0.4) is 0 Å². The van der Waals surface area contributed by atoms with Gasteiger partial charge < -0.3 is 5.11 Å². The maximum absolute atomic E-state index is 9.81. The molecule has 1 N–H and O–H groups in total. The summed E-state index contributed by atoms with van der Waals surface area (Å²) >= 11 is 0. The topological polar surface area (TPSA) is 20.2 Å². The average molecular weight is 162 g/mol. The Morgan fingerprint density at radius 2 is 1.83 bits per heavy atom. The molecular formula is C10H19LiO. The fourth-order valence-electron chi connectivity index (χ4n) is 3.16. The van der Waals surface area contributed by atoms with E-state index in [-0.39, 0.29) is 30.4 Å². The van der Waals surface area contributed by atoms with Gasteiger partial charge in [-0.3, -0.25) is 0 Å². The molecule has 2 aliphatic rings. The molecule has 12 heavy (non-hydrogen) atoms. The van der Waals surface area contributed by atoms with Crippen molar-refractivity contribution in [2.75, 3.05) is 0 Å². The van der Waals surface area contributed by atoms with Crippen molar-refractivity contribution in [3.63, 3.8) is 0 Å². The van der Waals surface area contributed by atoms with Crippen LogP contribution in [0.5, 0.6) is 0 Å². The molecule has 1 nitrogen and oxygen atoms in total. The van der Waals surface area contributed by atoms with E-state index in [9.17, 15) is 5.11 Å². The minimum atomic E-state index is -0.0313. The summed E-state index contributed by atoms with van der Waals surface area (Å²) in [7, 11) is 0. The molecule has 2 saturated carbocycles. The van der Waals surface area contributed by atoms with E-state index < -0.39 is 0 Å². The Kier molecular flexibility index (Phi) is 2.46. The summed E-state index contributed by atoms with van der Waals surface area (Å²) < 4.78 is 0. The summed E-state index contributed by atoms with van der Waals surface area (Å²) in [6.45, 7) is 6.90. The van der Waals surface area contributed by atoms with Gasteiger partial charge >= 0.3 is 18.9 Å². The van der Waals surface area contributed by atoms with Gasteiger partial charge in [-0.15, -0.1) is 0 Å². The molecule has 0 radical (unpaired) electrons. The van der Waals surface area contributed by atoms with Crippen molar-refractivity contribution >= 4 is 18.9 Å². The fraction of sp³-hybridized carbons (Fsp3) is 1.00. The molecular weight excluding hydrogens is 143 g/mol. The van der Waals surface area contributed by atoms with Gasteiger partial charge in [-0.25, -0.2) is 0 Å². The quantitative estimate of drug-likeness (QED) is 0.536. The van der Waals surface area contributed by atoms with Crippen LogP contribution >= 0.6 is 0 Å². The number of aliphatic hydroxyl groups is 1. The van der Waals surface area contributed by atoms with Gasteiger partial charge in [0.25, 0.3) is 0 Å². The van der Waals surface area contributed by atoms with Crippen LogP contribution in [0.2, 0.25) is 0 Å². The first-order valence-corrected chi connectivity index (χ1v) is 4.66. The molecule has 0 aromatic rings. The van der Waals surface area contributed by atoms with Gasteiger partial charge in [0.2, 0.25) is 0 Å². The number of hydrogen-bond donors (Lipinski definition) is 1. The Bertz CT molecular complexity index is 190. The van der Waals surface area contributed by atoms with Crippen molar-refractivity contribution in [3.8, 4) is 0 Å². The van der Waals surface area contributed by atoms with Gasteiger partial charge in [0, 0.05) is 0 Å². The average Bonchev–Trinajstić information content (AvgIpc) is 2.20. The molecule has 2 rings (SSSR count). The second kappa shape index (κ2) is 2.77. The second-order valence-electron chi connectivity index (χ2n) is 5.13. The van der Waals surface area contributed by atoms with Crippen LogP contribution in [0.25, 0.3) is 0 Å². The maximum atomic E-state index is 9.81.